The third kappa shape index (κ3) is 5.40. The molecule has 38 heavy (non-hydrogen) atoms. The number of nitrogens with one attached hydrogen (secondary N) is 2. The number of carbonyl (C=O) groups is 3. The second kappa shape index (κ2) is 11.1. The number of rotatable bonds is 10. The zero-order valence-electron chi connectivity index (χ0n) is 21.2. The SMILES string of the molecule is C[C@@H](c1ccccc1)[C@@H](C(=O)Nc1ccc(C2CC2)cc1)N1C(=O)NC(c2ccc(OCCO)cc2)C1=O. The average Bonchev–Trinajstić information content (AvgIpc) is 3.75. The molecule has 0 aromatic heterocycles. The number of nitrogens with zero attached hydrogens (tertiary/aromatic N) is 1. The maximum atomic E-state index is 13.7. The molecular weight excluding hydrogens is 482 g/mol. The van der Waals surface area contributed by atoms with Crippen LogP contribution in [0.15, 0.2) is 78.9 Å². The number of urea groups is 1. The summed E-state index contributed by atoms with van der Waals surface area (Å²) in [7, 11) is 0. The van der Waals surface area contributed by atoms with Crippen molar-refractivity contribution in [2.45, 2.75) is 43.7 Å². The molecule has 2 fully saturated rings. The molecule has 1 unspecified atom stereocenters. The first-order valence-electron chi connectivity index (χ1n) is 12.9. The van der Waals surface area contributed by atoms with Crippen LogP contribution in [-0.4, -0.2) is 47.1 Å². The Labute approximate surface area is 221 Å². The van der Waals surface area contributed by atoms with Crippen LogP contribution >= 0.6 is 0 Å². The van der Waals surface area contributed by atoms with E-state index in [1.54, 1.807) is 24.3 Å². The van der Waals surface area contributed by atoms with Crippen molar-refractivity contribution in [3.8, 4) is 5.75 Å². The lowest BCUT2D eigenvalue weighted by Crippen LogP contribution is -2.50. The van der Waals surface area contributed by atoms with Gasteiger partial charge in [-0.15, -0.1) is 0 Å². The summed E-state index contributed by atoms with van der Waals surface area (Å²) in [5.41, 5.74) is 3.28. The minimum absolute atomic E-state index is 0.110. The minimum atomic E-state index is -1.06. The number of anilines is 1. The van der Waals surface area contributed by atoms with Crippen LogP contribution < -0.4 is 15.4 Å². The second-order valence-corrected chi connectivity index (χ2v) is 9.76. The Hall–Kier alpha value is -4.17. The van der Waals surface area contributed by atoms with Gasteiger partial charge in [0.2, 0.25) is 5.91 Å². The van der Waals surface area contributed by atoms with Crippen LogP contribution in [0.4, 0.5) is 10.5 Å². The summed E-state index contributed by atoms with van der Waals surface area (Å²) in [6.45, 7) is 1.89. The van der Waals surface area contributed by atoms with E-state index in [0.717, 1.165) is 10.5 Å². The molecule has 196 valence electrons. The molecule has 0 spiro atoms. The van der Waals surface area contributed by atoms with Crippen LogP contribution in [-0.2, 0) is 9.59 Å². The van der Waals surface area contributed by atoms with Gasteiger partial charge in [0.05, 0.1) is 6.61 Å². The third-order valence-corrected chi connectivity index (χ3v) is 7.12. The van der Waals surface area contributed by atoms with Crippen molar-refractivity contribution in [2.75, 3.05) is 18.5 Å². The summed E-state index contributed by atoms with van der Waals surface area (Å²) < 4.78 is 5.39. The molecule has 1 saturated carbocycles. The van der Waals surface area contributed by atoms with Gasteiger partial charge in [-0.25, -0.2) is 9.69 Å². The van der Waals surface area contributed by atoms with E-state index in [1.807, 2.05) is 61.5 Å². The molecule has 0 radical (unpaired) electrons. The minimum Gasteiger partial charge on any atom is -0.491 e. The van der Waals surface area contributed by atoms with Gasteiger partial charge in [0.25, 0.3) is 5.91 Å². The van der Waals surface area contributed by atoms with Gasteiger partial charge in [-0.2, -0.15) is 0 Å². The van der Waals surface area contributed by atoms with Crippen LogP contribution in [0, 0.1) is 0 Å². The molecule has 3 aromatic carbocycles. The predicted molar refractivity (Wildman–Crippen MR) is 143 cm³/mol. The fourth-order valence-corrected chi connectivity index (χ4v) is 4.88. The van der Waals surface area contributed by atoms with Crippen LogP contribution in [0.1, 0.15) is 54.3 Å². The first kappa shape index (κ1) is 25.5. The molecule has 8 heteroatoms. The number of hydrogen-bond acceptors (Lipinski definition) is 5. The lowest BCUT2D eigenvalue weighted by atomic mass is 9.91. The van der Waals surface area contributed by atoms with Crippen molar-refractivity contribution < 1.29 is 24.2 Å². The van der Waals surface area contributed by atoms with Crippen molar-refractivity contribution in [1.82, 2.24) is 10.2 Å². The van der Waals surface area contributed by atoms with Crippen molar-refractivity contribution in [2.24, 2.45) is 0 Å². The number of aliphatic hydroxyl groups is 1. The fourth-order valence-electron chi connectivity index (χ4n) is 4.88. The highest BCUT2D eigenvalue weighted by Gasteiger charge is 2.47. The molecule has 0 bridgehead atoms. The van der Waals surface area contributed by atoms with Crippen molar-refractivity contribution >= 4 is 23.5 Å². The Morgan fingerprint density at radius 3 is 2.29 bits per heavy atom. The van der Waals surface area contributed by atoms with E-state index >= 15 is 0 Å². The molecule has 5 rings (SSSR count). The van der Waals surface area contributed by atoms with E-state index < -0.39 is 35.8 Å². The van der Waals surface area contributed by atoms with Gasteiger partial charge in [-0.3, -0.25) is 9.59 Å². The Morgan fingerprint density at radius 2 is 1.66 bits per heavy atom. The normalized spacial score (nSPS) is 18.6. The maximum Gasteiger partial charge on any atom is 0.325 e. The highest BCUT2D eigenvalue weighted by atomic mass is 16.5. The van der Waals surface area contributed by atoms with E-state index in [0.29, 0.717) is 22.9 Å². The number of carbonyl (C=O) groups excluding carboxylic acids is 3. The third-order valence-electron chi connectivity index (χ3n) is 7.12. The van der Waals surface area contributed by atoms with Gasteiger partial charge in [0.15, 0.2) is 0 Å². The van der Waals surface area contributed by atoms with E-state index in [1.165, 1.54) is 18.4 Å². The largest absolute Gasteiger partial charge is 0.491 e. The van der Waals surface area contributed by atoms with E-state index in [2.05, 4.69) is 10.6 Å². The molecule has 1 heterocycles. The van der Waals surface area contributed by atoms with Crippen molar-refractivity contribution in [1.29, 1.82) is 0 Å². The first-order valence-corrected chi connectivity index (χ1v) is 12.9. The highest BCUT2D eigenvalue weighted by Crippen LogP contribution is 2.40. The van der Waals surface area contributed by atoms with Gasteiger partial charge < -0.3 is 20.5 Å². The summed E-state index contributed by atoms with van der Waals surface area (Å²) in [6, 6.07) is 21.3. The highest BCUT2D eigenvalue weighted by molar-refractivity contribution is 6.09. The Balaban J connectivity index is 1.40. The number of hydrogen-bond donors (Lipinski definition) is 3. The van der Waals surface area contributed by atoms with Gasteiger partial charge in [-0.05, 0) is 59.7 Å². The molecule has 4 amide bonds. The maximum absolute atomic E-state index is 13.7. The lowest BCUT2D eigenvalue weighted by Gasteiger charge is -2.30. The summed E-state index contributed by atoms with van der Waals surface area (Å²) in [6.07, 6.45) is 2.38. The quantitative estimate of drug-likeness (QED) is 0.350. The second-order valence-electron chi connectivity index (χ2n) is 9.76. The number of benzene rings is 3. The van der Waals surface area contributed by atoms with Crippen LogP contribution in [0.3, 0.4) is 0 Å². The molecule has 1 saturated heterocycles. The van der Waals surface area contributed by atoms with E-state index in [4.69, 9.17) is 9.84 Å². The summed E-state index contributed by atoms with van der Waals surface area (Å²) in [5.74, 6) is -0.240. The Bertz CT molecular complexity index is 1290. The van der Waals surface area contributed by atoms with E-state index in [-0.39, 0.29) is 13.2 Å². The summed E-state index contributed by atoms with van der Waals surface area (Å²) >= 11 is 0. The van der Waals surface area contributed by atoms with Crippen molar-refractivity contribution in [3.63, 3.8) is 0 Å². The molecule has 1 aliphatic heterocycles. The molecular formula is C30H31N3O5. The molecule has 3 atom stereocenters. The van der Waals surface area contributed by atoms with Gasteiger partial charge in [0.1, 0.15) is 24.4 Å². The Morgan fingerprint density at radius 1 is 1.00 bits per heavy atom. The number of aliphatic hydroxyl groups excluding tert-OH is 1. The van der Waals surface area contributed by atoms with Crippen molar-refractivity contribution in [3.05, 3.63) is 95.6 Å². The molecule has 1 aliphatic carbocycles. The van der Waals surface area contributed by atoms with Gasteiger partial charge in [0, 0.05) is 11.6 Å². The number of ether oxygens (including phenoxy) is 1. The lowest BCUT2D eigenvalue weighted by molar-refractivity contribution is -0.134. The Kier molecular flexibility index (Phi) is 7.42. The predicted octanol–water partition coefficient (Wildman–Crippen LogP) is 4.34. The number of imide groups is 1. The van der Waals surface area contributed by atoms with Crippen LogP contribution in [0.5, 0.6) is 5.75 Å². The fraction of sp³-hybridized carbons (Fsp3) is 0.300. The topological polar surface area (TPSA) is 108 Å². The molecule has 2 aliphatic rings. The zero-order chi connectivity index (χ0) is 26.6. The van der Waals surface area contributed by atoms with Gasteiger partial charge in [-0.1, -0.05) is 61.5 Å². The summed E-state index contributed by atoms with van der Waals surface area (Å²) in [4.78, 5) is 41.6. The number of amides is 4. The molecule has 3 aromatic rings. The first-order chi connectivity index (χ1) is 18.5. The molecule has 8 nitrogen and oxygen atoms in total. The van der Waals surface area contributed by atoms with Crippen LogP contribution in [0.25, 0.3) is 0 Å². The average molecular weight is 514 g/mol. The van der Waals surface area contributed by atoms with E-state index in [9.17, 15) is 14.4 Å². The van der Waals surface area contributed by atoms with Gasteiger partial charge >= 0.3 is 6.03 Å². The van der Waals surface area contributed by atoms with Crippen LogP contribution in [0.2, 0.25) is 0 Å². The zero-order valence-corrected chi connectivity index (χ0v) is 21.2. The summed E-state index contributed by atoms with van der Waals surface area (Å²) in [5, 5.41) is 14.6. The smallest absolute Gasteiger partial charge is 0.325 e. The molecule has 3 N–H and O–H groups in total. The standard InChI is InChI=1S/C30H31N3O5/c1-19(20-5-3-2-4-6-20)27(28(35)31-24-13-9-22(10-14-24)21-7-8-21)33-29(36)26(32-30(33)37)23-11-15-25(16-12-23)38-18-17-34/h2-6,9-16,19,21,26-27,34H,7-8,17-18H2,1H3,(H,31,35)(H,32,37)/t19-,26?,27-/m0/s1. The monoisotopic (exact) mass is 513 g/mol.